The van der Waals surface area contributed by atoms with Gasteiger partial charge in [0.05, 0.1) is 0 Å². The molecule has 1 aromatic carbocycles. The quantitative estimate of drug-likeness (QED) is 0.897. The van der Waals surface area contributed by atoms with Gasteiger partial charge in [-0.1, -0.05) is 38.1 Å². The average Bonchev–Trinajstić information content (AvgIpc) is 2.45. The molecule has 1 unspecified atom stereocenters. The monoisotopic (exact) mass is 272 g/mol. The SMILES string of the molecule is CC1(C)CCCN(C2(CN)CCc3ccccc3C2)C1. The molecule has 3 rings (SSSR count). The van der Waals surface area contributed by atoms with E-state index >= 15 is 0 Å². The van der Waals surface area contributed by atoms with Crippen LogP contribution in [-0.2, 0) is 12.8 Å². The van der Waals surface area contributed by atoms with Crippen LogP contribution in [0.3, 0.4) is 0 Å². The highest BCUT2D eigenvalue weighted by Gasteiger charge is 2.42. The van der Waals surface area contributed by atoms with Gasteiger partial charge >= 0.3 is 0 Å². The van der Waals surface area contributed by atoms with Crippen LogP contribution in [-0.4, -0.2) is 30.1 Å². The average molecular weight is 272 g/mol. The Hall–Kier alpha value is -0.860. The maximum Gasteiger partial charge on any atom is 0.0375 e. The molecule has 110 valence electrons. The lowest BCUT2D eigenvalue weighted by Gasteiger charge is -2.51. The Morgan fingerprint density at radius 3 is 2.60 bits per heavy atom. The zero-order valence-electron chi connectivity index (χ0n) is 13.0. The summed E-state index contributed by atoms with van der Waals surface area (Å²) in [6.07, 6.45) is 6.20. The van der Waals surface area contributed by atoms with E-state index in [1.54, 1.807) is 0 Å². The van der Waals surface area contributed by atoms with Crippen molar-refractivity contribution in [2.24, 2.45) is 11.1 Å². The summed E-state index contributed by atoms with van der Waals surface area (Å²) in [4.78, 5) is 2.71. The molecule has 1 aliphatic carbocycles. The molecule has 0 radical (unpaired) electrons. The summed E-state index contributed by atoms with van der Waals surface area (Å²) in [5.74, 6) is 0. The van der Waals surface area contributed by atoms with E-state index in [0.29, 0.717) is 5.41 Å². The number of benzene rings is 1. The van der Waals surface area contributed by atoms with Crippen LogP contribution in [0.1, 0.15) is 44.2 Å². The molecule has 0 amide bonds. The van der Waals surface area contributed by atoms with Crippen LogP contribution in [0.5, 0.6) is 0 Å². The molecule has 1 aromatic rings. The molecule has 2 heteroatoms. The van der Waals surface area contributed by atoms with E-state index in [1.807, 2.05) is 0 Å². The van der Waals surface area contributed by atoms with Crippen molar-refractivity contribution in [3.63, 3.8) is 0 Å². The molecule has 1 saturated heterocycles. The topological polar surface area (TPSA) is 29.3 Å². The number of aryl methyl sites for hydroxylation is 1. The van der Waals surface area contributed by atoms with Gasteiger partial charge in [-0.3, -0.25) is 4.90 Å². The summed E-state index contributed by atoms with van der Waals surface area (Å²) in [6, 6.07) is 8.92. The van der Waals surface area contributed by atoms with Gasteiger partial charge in [0.15, 0.2) is 0 Å². The Bertz CT molecular complexity index is 480. The van der Waals surface area contributed by atoms with Crippen molar-refractivity contribution in [2.75, 3.05) is 19.6 Å². The zero-order valence-corrected chi connectivity index (χ0v) is 13.0. The first-order chi connectivity index (χ1) is 9.55. The van der Waals surface area contributed by atoms with Crippen LogP contribution in [0.2, 0.25) is 0 Å². The maximum absolute atomic E-state index is 6.27. The molecule has 2 nitrogen and oxygen atoms in total. The Morgan fingerprint density at radius 1 is 1.15 bits per heavy atom. The van der Waals surface area contributed by atoms with Gasteiger partial charge in [0.25, 0.3) is 0 Å². The van der Waals surface area contributed by atoms with Gasteiger partial charge in [0.2, 0.25) is 0 Å². The third-order valence-electron chi connectivity index (χ3n) is 5.45. The number of hydrogen-bond donors (Lipinski definition) is 1. The summed E-state index contributed by atoms with van der Waals surface area (Å²) in [7, 11) is 0. The molecule has 2 N–H and O–H groups in total. The van der Waals surface area contributed by atoms with Gasteiger partial charge < -0.3 is 5.73 Å². The van der Waals surface area contributed by atoms with Gasteiger partial charge in [0.1, 0.15) is 0 Å². The fourth-order valence-electron chi connectivity index (χ4n) is 4.19. The number of rotatable bonds is 2. The molecule has 0 saturated carbocycles. The molecule has 1 fully saturated rings. The normalized spacial score (nSPS) is 29.9. The van der Waals surface area contributed by atoms with E-state index in [-0.39, 0.29) is 5.54 Å². The largest absolute Gasteiger partial charge is 0.329 e. The highest BCUT2D eigenvalue weighted by atomic mass is 15.2. The van der Waals surface area contributed by atoms with Crippen molar-refractivity contribution in [1.82, 2.24) is 4.90 Å². The Morgan fingerprint density at radius 2 is 1.90 bits per heavy atom. The molecular formula is C18H28N2. The third kappa shape index (κ3) is 2.51. The molecule has 0 spiro atoms. The van der Waals surface area contributed by atoms with Crippen molar-refractivity contribution in [2.45, 2.75) is 51.5 Å². The van der Waals surface area contributed by atoms with Gasteiger partial charge in [-0.15, -0.1) is 0 Å². The lowest BCUT2D eigenvalue weighted by Crippen LogP contribution is -2.60. The molecule has 20 heavy (non-hydrogen) atoms. The zero-order chi connectivity index (χ0) is 14.2. The molecule has 1 heterocycles. The number of piperidine rings is 1. The van der Waals surface area contributed by atoms with E-state index in [9.17, 15) is 0 Å². The smallest absolute Gasteiger partial charge is 0.0375 e. The van der Waals surface area contributed by atoms with E-state index in [1.165, 1.54) is 49.9 Å². The van der Waals surface area contributed by atoms with Crippen LogP contribution in [0, 0.1) is 5.41 Å². The number of nitrogens with two attached hydrogens (primary N) is 1. The minimum Gasteiger partial charge on any atom is -0.329 e. The number of nitrogens with zero attached hydrogens (tertiary/aromatic N) is 1. The van der Waals surface area contributed by atoms with Crippen LogP contribution >= 0.6 is 0 Å². The van der Waals surface area contributed by atoms with Gasteiger partial charge in [-0.25, -0.2) is 0 Å². The summed E-state index contributed by atoms with van der Waals surface area (Å²) in [6.45, 7) is 8.02. The van der Waals surface area contributed by atoms with E-state index in [0.717, 1.165) is 13.0 Å². The first kappa shape index (κ1) is 14.1. The lowest BCUT2D eigenvalue weighted by atomic mass is 9.74. The first-order valence-corrected chi connectivity index (χ1v) is 8.07. The minimum absolute atomic E-state index is 0.200. The van der Waals surface area contributed by atoms with Crippen molar-refractivity contribution in [3.05, 3.63) is 35.4 Å². The van der Waals surface area contributed by atoms with Crippen molar-refractivity contribution in [1.29, 1.82) is 0 Å². The van der Waals surface area contributed by atoms with Crippen LogP contribution in [0.4, 0.5) is 0 Å². The fraction of sp³-hybridized carbons (Fsp3) is 0.667. The van der Waals surface area contributed by atoms with Gasteiger partial charge in [0, 0.05) is 18.6 Å². The number of hydrogen-bond acceptors (Lipinski definition) is 2. The molecule has 0 bridgehead atoms. The van der Waals surface area contributed by atoms with Crippen molar-refractivity contribution in [3.8, 4) is 0 Å². The first-order valence-electron chi connectivity index (χ1n) is 8.07. The standard InChI is InChI=1S/C18H28N2/c1-17(2)9-5-11-20(14-17)18(13-19)10-8-15-6-3-4-7-16(15)12-18/h3-4,6-7H,5,8-14,19H2,1-2H3. The van der Waals surface area contributed by atoms with Crippen LogP contribution in [0.25, 0.3) is 0 Å². The summed E-state index contributed by atoms with van der Waals surface area (Å²) in [5, 5.41) is 0. The lowest BCUT2D eigenvalue weighted by molar-refractivity contribution is 0.00989. The second-order valence-corrected chi connectivity index (χ2v) is 7.56. The van der Waals surface area contributed by atoms with Gasteiger partial charge in [-0.2, -0.15) is 0 Å². The summed E-state index contributed by atoms with van der Waals surface area (Å²) in [5.41, 5.74) is 9.97. The van der Waals surface area contributed by atoms with Crippen LogP contribution in [0.15, 0.2) is 24.3 Å². The number of likely N-dealkylation sites (tertiary alicyclic amines) is 1. The molecular weight excluding hydrogens is 244 g/mol. The maximum atomic E-state index is 6.27. The molecule has 1 aliphatic heterocycles. The van der Waals surface area contributed by atoms with E-state index in [2.05, 4.69) is 43.0 Å². The van der Waals surface area contributed by atoms with Gasteiger partial charge in [-0.05, 0) is 55.2 Å². The Labute approximate surface area is 123 Å². The Kier molecular flexibility index (Phi) is 3.64. The van der Waals surface area contributed by atoms with E-state index in [4.69, 9.17) is 5.73 Å². The van der Waals surface area contributed by atoms with Crippen molar-refractivity contribution < 1.29 is 0 Å². The summed E-state index contributed by atoms with van der Waals surface area (Å²) >= 11 is 0. The second kappa shape index (κ2) is 5.16. The highest BCUT2D eigenvalue weighted by Crippen LogP contribution is 2.38. The second-order valence-electron chi connectivity index (χ2n) is 7.56. The van der Waals surface area contributed by atoms with Crippen LogP contribution < -0.4 is 5.73 Å². The highest BCUT2D eigenvalue weighted by molar-refractivity contribution is 5.32. The number of fused-ring (bicyclic) bond motifs is 1. The third-order valence-corrected chi connectivity index (χ3v) is 5.45. The molecule has 1 atom stereocenters. The fourth-order valence-corrected chi connectivity index (χ4v) is 4.19. The molecule has 2 aliphatic rings. The Balaban J connectivity index is 1.86. The van der Waals surface area contributed by atoms with Crippen molar-refractivity contribution >= 4 is 0 Å². The minimum atomic E-state index is 0.200. The summed E-state index contributed by atoms with van der Waals surface area (Å²) < 4.78 is 0. The van der Waals surface area contributed by atoms with E-state index < -0.39 is 0 Å². The molecule has 0 aromatic heterocycles. The predicted octanol–water partition coefficient (Wildman–Crippen LogP) is 2.99. The predicted molar refractivity (Wildman–Crippen MR) is 84.8 cm³/mol.